The maximum Gasteiger partial charge on any atom is 0.191 e. The molecule has 0 aromatic heterocycles. The second-order valence-electron chi connectivity index (χ2n) is 8.31. The molecule has 1 atom stereocenters. The summed E-state index contributed by atoms with van der Waals surface area (Å²) in [5.41, 5.74) is 2.32. The molecule has 0 radical (unpaired) electrons. The Kier molecular flexibility index (Phi) is 8.58. The van der Waals surface area contributed by atoms with Crippen molar-refractivity contribution in [3.63, 3.8) is 0 Å². The largest absolute Gasteiger partial charge is 0.491 e. The second kappa shape index (κ2) is 10.7. The second-order valence-corrected chi connectivity index (χ2v) is 8.31. The number of likely N-dealkylation sites (N-methyl/N-ethyl adjacent to an activating group) is 1. The van der Waals surface area contributed by atoms with Gasteiger partial charge in [-0.05, 0) is 66.3 Å². The molecule has 1 heterocycles. The molecule has 1 fully saturated rings. The molecule has 0 spiro atoms. The molecule has 1 saturated heterocycles. The molecule has 0 aliphatic carbocycles. The van der Waals surface area contributed by atoms with E-state index in [1.54, 1.807) is 0 Å². The lowest BCUT2D eigenvalue weighted by molar-refractivity contribution is 0.0676. The van der Waals surface area contributed by atoms with Gasteiger partial charge in [0.1, 0.15) is 12.4 Å². The number of aliphatic imine (C=N–C) groups is 1. The summed E-state index contributed by atoms with van der Waals surface area (Å²) in [4.78, 5) is 6.99. The van der Waals surface area contributed by atoms with Crippen LogP contribution in [0.1, 0.15) is 44.7 Å². The fraction of sp³-hybridized carbons (Fsp3) is 0.682. The van der Waals surface area contributed by atoms with Gasteiger partial charge in [-0.3, -0.25) is 0 Å². The first kappa shape index (κ1) is 22.5. The number of guanidine groups is 1. The van der Waals surface area contributed by atoms with E-state index in [0.717, 1.165) is 49.8 Å². The van der Waals surface area contributed by atoms with Crippen LogP contribution >= 0.6 is 0 Å². The SMILES string of the molecule is CCNC(=NCc1ccc(C)cc1OCC1CCCO1)NCC(C)(C)N(C)C. The first-order valence-electron chi connectivity index (χ1n) is 10.4. The van der Waals surface area contributed by atoms with E-state index in [1.165, 1.54) is 5.56 Å². The molecule has 1 aromatic rings. The normalized spacial score (nSPS) is 17.8. The van der Waals surface area contributed by atoms with Crippen LogP contribution < -0.4 is 15.4 Å². The molecule has 6 heteroatoms. The summed E-state index contributed by atoms with van der Waals surface area (Å²) in [6.45, 7) is 12.2. The summed E-state index contributed by atoms with van der Waals surface area (Å²) >= 11 is 0. The summed E-state index contributed by atoms with van der Waals surface area (Å²) in [6.07, 6.45) is 2.42. The molecule has 1 aromatic carbocycles. The summed E-state index contributed by atoms with van der Waals surface area (Å²) in [7, 11) is 4.19. The first-order chi connectivity index (χ1) is 13.3. The Morgan fingerprint density at radius 3 is 2.75 bits per heavy atom. The van der Waals surface area contributed by atoms with Gasteiger partial charge in [-0.25, -0.2) is 4.99 Å². The van der Waals surface area contributed by atoms with Crippen LogP contribution in [0, 0.1) is 6.92 Å². The minimum absolute atomic E-state index is 0.0373. The van der Waals surface area contributed by atoms with Crippen LogP contribution in [0.2, 0.25) is 0 Å². The molecular formula is C22H38N4O2. The number of rotatable bonds is 9. The van der Waals surface area contributed by atoms with Crippen LogP contribution in [0.15, 0.2) is 23.2 Å². The Labute approximate surface area is 170 Å². The van der Waals surface area contributed by atoms with E-state index >= 15 is 0 Å². The molecule has 0 amide bonds. The molecule has 158 valence electrons. The van der Waals surface area contributed by atoms with Gasteiger partial charge in [0.15, 0.2) is 5.96 Å². The van der Waals surface area contributed by atoms with Gasteiger partial charge in [0.2, 0.25) is 0 Å². The number of aryl methyl sites for hydroxylation is 1. The van der Waals surface area contributed by atoms with Crippen LogP contribution in [0.3, 0.4) is 0 Å². The molecule has 28 heavy (non-hydrogen) atoms. The fourth-order valence-corrected chi connectivity index (χ4v) is 2.85. The van der Waals surface area contributed by atoms with Crippen molar-refractivity contribution in [2.24, 2.45) is 4.99 Å². The number of nitrogens with zero attached hydrogens (tertiary/aromatic N) is 2. The van der Waals surface area contributed by atoms with Crippen molar-refractivity contribution in [1.82, 2.24) is 15.5 Å². The number of hydrogen-bond acceptors (Lipinski definition) is 4. The van der Waals surface area contributed by atoms with Gasteiger partial charge >= 0.3 is 0 Å². The number of hydrogen-bond donors (Lipinski definition) is 2. The van der Waals surface area contributed by atoms with Gasteiger partial charge in [-0.1, -0.05) is 12.1 Å². The highest BCUT2D eigenvalue weighted by Gasteiger charge is 2.20. The van der Waals surface area contributed by atoms with Crippen molar-refractivity contribution in [3.05, 3.63) is 29.3 Å². The molecule has 2 rings (SSSR count). The average Bonchev–Trinajstić information content (AvgIpc) is 3.16. The molecule has 0 bridgehead atoms. The van der Waals surface area contributed by atoms with Crippen molar-refractivity contribution in [3.8, 4) is 5.75 Å². The van der Waals surface area contributed by atoms with E-state index in [1.807, 2.05) is 0 Å². The number of ether oxygens (including phenoxy) is 2. The van der Waals surface area contributed by atoms with Gasteiger partial charge in [0.05, 0.1) is 12.6 Å². The molecule has 2 N–H and O–H groups in total. The van der Waals surface area contributed by atoms with Crippen molar-refractivity contribution < 1.29 is 9.47 Å². The summed E-state index contributed by atoms with van der Waals surface area (Å²) in [5, 5.41) is 6.79. The molecule has 1 unspecified atom stereocenters. The van der Waals surface area contributed by atoms with Crippen LogP contribution in [-0.4, -0.2) is 62.9 Å². The molecule has 6 nitrogen and oxygen atoms in total. The van der Waals surface area contributed by atoms with Gasteiger partial charge < -0.3 is 25.0 Å². The first-order valence-corrected chi connectivity index (χ1v) is 10.4. The Balaban J connectivity index is 2.03. The lowest BCUT2D eigenvalue weighted by atomic mass is 10.0. The Morgan fingerprint density at radius 1 is 1.32 bits per heavy atom. The van der Waals surface area contributed by atoms with Crippen molar-refractivity contribution in [1.29, 1.82) is 0 Å². The highest BCUT2D eigenvalue weighted by molar-refractivity contribution is 5.79. The van der Waals surface area contributed by atoms with Crippen LogP contribution in [0.5, 0.6) is 5.75 Å². The quantitative estimate of drug-likeness (QED) is 0.501. The Morgan fingerprint density at radius 2 is 2.11 bits per heavy atom. The van der Waals surface area contributed by atoms with Crippen LogP contribution in [0.4, 0.5) is 0 Å². The third-order valence-electron chi connectivity index (χ3n) is 5.32. The van der Waals surface area contributed by atoms with Gasteiger partial charge in [0.25, 0.3) is 0 Å². The van der Waals surface area contributed by atoms with Crippen molar-refractivity contribution in [2.75, 3.05) is 40.4 Å². The third kappa shape index (κ3) is 6.99. The minimum Gasteiger partial charge on any atom is -0.491 e. The number of benzene rings is 1. The van der Waals surface area contributed by atoms with E-state index in [4.69, 9.17) is 14.5 Å². The zero-order chi connectivity index (χ0) is 20.6. The lowest BCUT2D eigenvalue weighted by Crippen LogP contribution is -2.50. The van der Waals surface area contributed by atoms with Gasteiger partial charge in [-0.15, -0.1) is 0 Å². The maximum absolute atomic E-state index is 6.10. The summed E-state index contributed by atoms with van der Waals surface area (Å²) in [5.74, 6) is 1.73. The smallest absolute Gasteiger partial charge is 0.191 e. The zero-order valence-corrected chi connectivity index (χ0v) is 18.5. The molecule has 0 saturated carbocycles. The average molecular weight is 391 g/mol. The molecule has 1 aliphatic rings. The van der Waals surface area contributed by atoms with E-state index in [9.17, 15) is 0 Å². The van der Waals surface area contributed by atoms with Gasteiger partial charge in [-0.2, -0.15) is 0 Å². The van der Waals surface area contributed by atoms with Crippen LogP contribution in [-0.2, 0) is 11.3 Å². The molecular weight excluding hydrogens is 352 g/mol. The highest BCUT2D eigenvalue weighted by atomic mass is 16.5. The van der Waals surface area contributed by atoms with Gasteiger partial charge in [0, 0.05) is 30.8 Å². The predicted octanol–water partition coefficient (Wildman–Crippen LogP) is 2.95. The minimum atomic E-state index is 0.0373. The van der Waals surface area contributed by atoms with E-state index in [2.05, 4.69) is 75.5 Å². The van der Waals surface area contributed by atoms with Crippen LogP contribution in [0.25, 0.3) is 0 Å². The van der Waals surface area contributed by atoms with Crippen molar-refractivity contribution >= 4 is 5.96 Å². The van der Waals surface area contributed by atoms with E-state index in [0.29, 0.717) is 13.2 Å². The lowest BCUT2D eigenvalue weighted by Gasteiger charge is -2.33. The standard InChI is InChI=1S/C22H38N4O2/c1-7-23-21(25-16-22(3,4)26(5)6)24-14-18-11-10-17(2)13-20(18)28-15-19-9-8-12-27-19/h10-11,13,19H,7-9,12,14-16H2,1-6H3,(H2,23,24,25). The highest BCUT2D eigenvalue weighted by Crippen LogP contribution is 2.23. The Hall–Kier alpha value is -1.79. The van der Waals surface area contributed by atoms with Crippen molar-refractivity contribution in [2.45, 2.75) is 58.7 Å². The van der Waals surface area contributed by atoms with E-state index < -0.39 is 0 Å². The zero-order valence-electron chi connectivity index (χ0n) is 18.5. The molecule has 1 aliphatic heterocycles. The topological polar surface area (TPSA) is 58.1 Å². The van der Waals surface area contributed by atoms with E-state index in [-0.39, 0.29) is 11.6 Å². The summed E-state index contributed by atoms with van der Waals surface area (Å²) < 4.78 is 11.8. The predicted molar refractivity (Wildman–Crippen MR) is 116 cm³/mol. The fourth-order valence-electron chi connectivity index (χ4n) is 2.85. The monoisotopic (exact) mass is 390 g/mol. The summed E-state index contributed by atoms with van der Waals surface area (Å²) in [6, 6.07) is 6.31. The Bertz CT molecular complexity index is 637. The number of nitrogens with one attached hydrogen (secondary N) is 2. The maximum atomic E-state index is 6.10. The third-order valence-corrected chi connectivity index (χ3v) is 5.32.